The van der Waals surface area contributed by atoms with Gasteiger partial charge >= 0.3 is 0 Å². The molecule has 1 heterocycles. The highest BCUT2D eigenvalue weighted by Crippen LogP contribution is 2.19. The van der Waals surface area contributed by atoms with Crippen LogP contribution in [0.4, 0.5) is 0 Å². The fourth-order valence-corrected chi connectivity index (χ4v) is 3.07. The number of amidine groups is 1. The van der Waals surface area contributed by atoms with Gasteiger partial charge in [0.25, 0.3) is 0 Å². The lowest BCUT2D eigenvalue weighted by Gasteiger charge is -2.08. The van der Waals surface area contributed by atoms with Crippen molar-refractivity contribution in [1.29, 1.82) is 0 Å². The Morgan fingerprint density at radius 3 is 3.00 bits per heavy atom. The minimum atomic E-state index is 0.0487. The lowest BCUT2D eigenvalue weighted by Crippen LogP contribution is -2.20. The lowest BCUT2D eigenvalue weighted by molar-refractivity contribution is -0.116. The van der Waals surface area contributed by atoms with E-state index >= 15 is 0 Å². The van der Waals surface area contributed by atoms with Crippen molar-refractivity contribution in [1.82, 2.24) is 5.32 Å². The van der Waals surface area contributed by atoms with Gasteiger partial charge in [-0.1, -0.05) is 52.6 Å². The summed E-state index contributed by atoms with van der Waals surface area (Å²) in [7, 11) is 0. The summed E-state index contributed by atoms with van der Waals surface area (Å²) in [4.78, 5) is 15.5. The molecule has 1 N–H and O–H groups in total. The first kappa shape index (κ1) is 12.9. The topological polar surface area (TPSA) is 41.5 Å². The van der Waals surface area contributed by atoms with Crippen LogP contribution >= 0.6 is 34.4 Å². The molecule has 90 valence electrons. The molecule has 1 aromatic rings. The highest BCUT2D eigenvalue weighted by molar-refractivity contribution is 14.1. The number of hydrogen-bond donors (Lipinski definition) is 1. The number of amides is 1. The van der Waals surface area contributed by atoms with E-state index in [4.69, 9.17) is 0 Å². The maximum absolute atomic E-state index is 11.0. The van der Waals surface area contributed by atoms with E-state index in [0.717, 1.165) is 9.60 Å². The van der Waals surface area contributed by atoms with Crippen LogP contribution in [0.25, 0.3) is 0 Å². The second kappa shape index (κ2) is 5.86. The number of halogens is 1. The maximum atomic E-state index is 11.0. The van der Waals surface area contributed by atoms with Crippen molar-refractivity contribution >= 4 is 45.4 Å². The van der Waals surface area contributed by atoms with E-state index in [2.05, 4.69) is 58.0 Å². The predicted molar refractivity (Wildman–Crippen MR) is 80.6 cm³/mol. The van der Waals surface area contributed by atoms with Crippen molar-refractivity contribution in [3.63, 3.8) is 0 Å². The third-order valence-corrected chi connectivity index (χ3v) is 4.35. The molecule has 0 saturated carbocycles. The van der Waals surface area contributed by atoms with Gasteiger partial charge in [0, 0.05) is 4.43 Å². The second-order valence-corrected chi connectivity index (χ2v) is 5.53. The van der Waals surface area contributed by atoms with Crippen LogP contribution in [0, 0.1) is 6.92 Å². The Labute approximate surface area is 119 Å². The average Bonchev–Trinajstić information content (AvgIpc) is 2.73. The second-order valence-electron chi connectivity index (χ2n) is 3.80. The number of carbonyl (C=O) groups excluding carboxylic acids is 1. The smallest absolute Gasteiger partial charge is 0.236 e. The van der Waals surface area contributed by atoms with E-state index in [0.29, 0.717) is 12.3 Å². The minimum absolute atomic E-state index is 0.0487. The van der Waals surface area contributed by atoms with Gasteiger partial charge in [0.15, 0.2) is 5.17 Å². The summed E-state index contributed by atoms with van der Waals surface area (Å²) in [5.41, 5.74) is 3.86. The molecule has 0 radical (unpaired) electrons. The zero-order valence-electron chi connectivity index (χ0n) is 9.50. The van der Waals surface area contributed by atoms with E-state index in [1.807, 2.05) is 0 Å². The first-order valence-corrected chi connectivity index (χ1v) is 7.82. The van der Waals surface area contributed by atoms with Gasteiger partial charge in [0.2, 0.25) is 5.91 Å². The van der Waals surface area contributed by atoms with Crippen molar-refractivity contribution in [2.24, 2.45) is 4.99 Å². The molecule has 2 rings (SSSR count). The summed E-state index contributed by atoms with van der Waals surface area (Å²) in [6.45, 7) is 2.75. The Hall–Kier alpha value is -0.560. The quantitative estimate of drug-likeness (QED) is 0.665. The number of benzene rings is 1. The Bertz CT molecular complexity index is 474. The van der Waals surface area contributed by atoms with Crippen LogP contribution in [0.2, 0.25) is 0 Å². The summed E-state index contributed by atoms with van der Waals surface area (Å²) in [6.07, 6.45) is 0. The first-order valence-electron chi connectivity index (χ1n) is 5.31. The first-order chi connectivity index (χ1) is 8.20. The SMILES string of the molecule is Cc1cccc(CI)c1CN=C1NC(=O)CS1. The van der Waals surface area contributed by atoms with Gasteiger partial charge in [0.1, 0.15) is 0 Å². The highest BCUT2D eigenvalue weighted by Gasteiger charge is 2.16. The fraction of sp³-hybridized carbons (Fsp3) is 0.333. The standard InChI is InChI=1S/C12H13IN2OS/c1-8-3-2-4-9(5-13)10(8)6-14-12-15-11(16)7-17-12/h2-4H,5-7H2,1H3,(H,14,15,16). The van der Waals surface area contributed by atoms with Crippen LogP contribution in [0.5, 0.6) is 0 Å². The molecule has 17 heavy (non-hydrogen) atoms. The number of carbonyl (C=O) groups is 1. The summed E-state index contributed by atoms with van der Waals surface area (Å²) in [5.74, 6) is 0.541. The number of rotatable bonds is 3. The van der Waals surface area contributed by atoms with Crippen LogP contribution in [-0.4, -0.2) is 16.8 Å². The van der Waals surface area contributed by atoms with Crippen LogP contribution in [0.3, 0.4) is 0 Å². The number of nitrogens with zero attached hydrogens (tertiary/aromatic N) is 1. The molecule has 0 bridgehead atoms. The summed E-state index contributed by atoms with van der Waals surface area (Å²) in [5, 5.41) is 3.50. The van der Waals surface area contributed by atoms with E-state index in [9.17, 15) is 4.79 Å². The fourth-order valence-electron chi connectivity index (χ4n) is 1.68. The van der Waals surface area contributed by atoms with E-state index in [1.54, 1.807) is 0 Å². The molecule has 5 heteroatoms. The number of hydrogen-bond acceptors (Lipinski definition) is 3. The van der Waals surface area contributed by atoms with Gasteiger partial charge in [0.05, 0.1) is 12.3 Å². The van der Waals surface area contributed by atoms with Crippen molar-refractivity contribution in [3.05, 3.63) is 34.9 Å². The zero-order chi connectivity index (χ0) is 12.3. The molecule has 0 spiro atoms. The van der Waals surface area contributed by atoms with Crippen molar-refractivity contribution < 1.29 is 4.79 Å². The molecule has 0 aliphatic carbocycles. The Morgan fingerprint density at radius 2 is 2.35 bits per heavy atom. The van der Waals surface area contributed by atoms with Crippen molar-refractivity contribution in [2.45, 2.75) is 17.9 Å². The van der Waals surface area contributed by atoms with Crippen LogP contribution in [0.1, 0.15) is 16.7 Å². The lowest BCUT2D eigenvalue weighted by atomic mass is 10.0. The molecule has 1 aliphatic heterocycles. The van der Waals surface area contributed by atoms with Gasteiger partial charge in [-0.05, 0) is 23.6 Å². The minimum Gasteiger partial charge on any atom is -0.305 e. The largest absolute Gasteiger partial charge is 0.305 e. The Morgan fingerprint density at radius 1 is 1.53 bits per heavy atom. The molecule has 0 atom stereocenters. The molecule has 1 amide bonds. The number of aliphatic imine (C=N–C) groups is 1. The van der Waals surface area contributed by atoms with Crippen LogP contribution < -0.4 is 5.32 Å². The molecule has 1 aromatic carbocycles. The molecule has 1 saturated heterocycles. The number of alkyl halides is 1. The van der Waals surface area contributed by atoms with Crippen LogP contribution in [0.15, 0.2) is 23.2 Å². The molecular formula is C12H13IN2OS. The van der Waals surface area contributed by atoms with E-state index < -0.39 is 0 Å². The average molecular weight is 360 g/mol. The predicted octanol–water partition coefficient (Wildman–Crippen LogP) is 2.65. The highest BCUT2D eigenvalue weighted by atomic mass is 127. The van der Waals surface area contributed by atoms with Crippen molar-refractivity contribution in [2.75, 3.05) is 5.75 Å². The molecule has 0 aromatic heterocycles. The molecule has 0 unspecified atom stereocenters. The zero-order valence-corrected chi connectivity index (χ0v) is 12.5. The van der Waals surface area contributed by atoms with Crippen molar-refractivity contribution in [3.8, 4) is 0 Å². The Kier molecular flexibility index (Phi) is 4.44. The third-order valence-electron chi connectivity index (χ3n) is 2.62. The van der Waals surface area contributed by atoms with E-state index in [-0.39, 0.29) is 5.91 Å². The maximum Gasteiger partial charge on any atom is 0.236 e. The molecule has 1 aliphatic rings. The van der Waals surface area contributed by atoms with Gasteiger partial charge in [-0.15, -0.1) is 0 Å². The molecular weight excluding hydrogens is 347 g/mol. The molecule has 3 nitrogen and oxygen atoms in total. The number of aryl methyl sites for hydroxylation is 1. The Balaban J connectivity index is 2.16. The normalized spacial score (nSPS) is 17.5. The van der Waals surface area contributed by atoms with Crippen LogP contribution in [-0.2, 0) is 15.8 Å². The van der Waals surface area contributed by atoms with Gasteiger partial charge in [-0.3, -0.25) is 9.79 Å². The van der Waals surface area contributed by atoms with Gasteiger partial charge in [-0.2, -0.15) is 0 Å². The van der Waals surface area contributed by atoms with Gasteiger partial charge in [-0.25, -0.2) is 0 Å². The van der Waals surface area contributed by atoms with Gasteiger partial charge < -0.3 is 5.32 Å². The summed E-state index contributed by atoms with van der Waals surface area (Å²) in [6, 6.07) is 6.31. The summed E-state index contributed by atoms with van der Waals surface area (Å²) < 4.78 is 0.985. The third kappa shape index (κ3) is 3.22. The van der Waals surface area contributed by atoms with E-state index in [1.165, 1.54) is 28.5 Å². The number of thioether (sulfide) groups is 1. The summed E-state index contributed by atoms with van der Waals surface area (Å²) >= 11 is 3.84. The monoisotopic (exact) mass is 360 g/mol. The molecule has 1 fully saturated rings. The number of nitrogens with one attached hydrogen (secondary N) is 1.